The van der Waals surface area contributed by atoms with Crippen LogP contribution in [0.15, 0.2) is 22.6 Å². The molecule has 0 radical (unpaired) electrons. The first-order chi connectivity index (χ1) is 9.47. The number of carbonyl (C=O) groups is 1. The third-order valence-corrected chi connectivity index (χ3v) is 2.56. The maximum absolute atomic E-state index is 12.0. The van der Waals surface area contributed by atoms with Gasteiger partial charge in [0.05, 0.1) is 11.5 Å². The number of carbonyl (C=O) groups excluding carboxylic acids is 1. The second kappa shape index (κ2) is 5.34. The minimum absolute atomic E-state index is 0.00876. The first-order valence-corrected chi connectivity index (χ1v) is 5.58. The van der Waals surface area contributed by atoms with Crippen molar-refractivity contribution in [1.29, 1.82) is 0 Å². The summed E-state index contributed by atoms with van der Waals surface area (Å²) in [4.78, 5) is 22.1. The van der Waals surface area contributed by atoms with Gasteiger partial charge >= 0.3 is 6.01 Å². The van der Waals surface area contributed by atoms with Crippen LogP contribution in [0.4, 0.5) is 11.7 Å². The van der Waals surface area contributed by atoms with Crippen LogP contribution >= 0.6 is 0 Å². The lowest BCUT2D eigenvalue weighted by Crippen LogP contribution is -2.23. The summed E-state index contributed by atoms with van der Waals surface area (Å²) in [7, 11) is 0. The standard InChI is InChI=1S/C11H11N5O4/c1-6-2-3-7(16(18)19)4-8(6)10(17)13-5-9-14-15-11(12)20-9/h2-4H,5H2,1H3,(H2,12,15)(H,13,17). The van der Waals surface area contributed by atoms with Crippen molar-refractivity contribution in [3.8, 4) is 0 Å². The predicted molar refractivity (Wildman–Crippen MR) is 67.7 cm³/mol. The number of nitrogens with two attached hydrogens (primary N) is 1. The molecule has 0 aliphatic carbocycles. The number of nitrogens with one attached hydrogen (secondary N) is 1. The van der Waals surface area contributed by atoms with Crippen molar-refractivity contribution < 1.29 is 14.1 Å². The van der Waals surface area contributed by atoms with Crippen LogP contribution < -0.4 is 11.1 Å². The number of anilines is 1. The van der Waals surface area contributed by atoms with Gasteiger partial charge in [0.2, 0.25) is 5.89 Å². The van der Waals surface area contributed by atoms with E-state index in [-0.39, 0.29) is 29.7 Å². The molecule has 2 aromatic rings. The van der Waals surface area contributed by atoms with Crippen molar-refractivity contribution in [2.45, 2.75) is 13.5 Å². The van der Waals surface area contributed by atoms with Crippen LogP contribution in [0, 0.1) is 17.0 Å². The van der Waals surface area contributed by atoms with Crippen molar-refractivity contribution in [2.24, 2.45) is 0 Å². The van der Waals surface area contributed by atoms with Gasteiger partial charge in [-0.25, -0.2) is 0 Å². The molecule has 20 heavy (non-hydrogen) atoms. The Morgan fingerprint density at radius 3 is 2.85 bits per heavy atom. The maximum atomic E-state index is 12.0. The number of nitrogens with zero attached hydrogens (tertiary/aromatic N) is 3. The quantitative estimate of drug-likeness (QED) is 0.622. The smallest absolute Gasteiger partial charge is 0.312 e. The molecule has 1 amide bonds. The van der Waals surface area contributed by atoms with E-state index in [1.54, 1.807) is 6.92 Å². The van der Waals surface area contributed by atoms with E-state index in [0.717, 1.165) is 0 Å². The van der Waals surface area contributed by atoms with Crippen molar-refractivity contribution in [3.63, 3.8) is 0 Å². The Morgan fingerprint density at radius 2 is 2.25 bits per heavy atom. The van der Waals surface area contributed by atoms with Crippen molar-refractivity contribution in [3.05, 3.63) is 45.3 Å². The molecule has 9 nitrogen and oxygen atoms in total. The molecule has 104 valence electrons. The highest BCUT2D eigenvalue weighted by atomic mass is 16.6. The van der Waals surface area contributed by atoms with Crippen LogP contribution in [-0.4, -0.2) is 21.0 Å². The number of aryl methyl sites for hydroxylation is 1. The molecule has 1 aromatic carbocycles. The molecule has 0 spiro atoms. The number of amides is 1. The summed E-state index contributed by atoms with van der Waals surface area (Å²) in [5.74, 6) is -0.318. The van der Waals surface area contributed by atoms with Gasteiger partial charge in [0.1, 0.15) is 0 Å². The SMILES string of the molecule is Cc1ccc([N+](=O)[O-])cc1C(=O)NCc1nnc(N)o1. The zero-order chi connectivity index (χ0) is 14.7. The first-order valence-electron chi connectivity index (χ1n) is 5.58. The Kier molecular flexibility index (Phi) is 3.60. The molecular weight excluding hydrogens is 266 g/mol. The number of benzene rings is 1. The zero-order valence-corrected chi connectivity index (χ0v) is 10.5. The molecule has 0 atom stereocenters. The lowest BCUT2D eigenvalue weighted by Gasteiger charge is -2.05. The molecule has 9 heteroatoms. The molecule has 0 saturated heterocycles. The van der Waals surface area contributed by atoms with Crippen LogP contribution in [0.25, 0.3) is 0 Å². The van der Waals surface area contributed by atoms with E-state index in [0.29, 0.717) is 5.56 Å². The highest BCUT2D eigenvalue weighted by Gasteiger charge is 2.15. The van der Waals surface area contributed by atoms with Crippen LogP contribution in [0.2, 0.25) is 0 Å². The van der Waals surface area contributed by atoms with Crippen LogP contribution in [0.1, 0.15) is 21.8 Å². The molecular formula is C11H11N5O4. The summed E-state index contributed by atoms with van der Waals surface area (Å²) in [6, 6.07) is 3.97. The van der Waals surface area contributed by atoms with Crippen LogP contribution in [-0.2, 0) is 6.54 Å². The molecule has 3 N–H and O–H groups in total. The van der Waals surface area contributed by atoms with E-state index < -0.39 is 10.8 Å². The molecule has 0 bridgehead atoms. The molecule has 1 aromatic heterocycles. The molecule has 0 aliphatic heterocycles. The molecule has 0 unspecified atom stereocenters. The third kappa shape index (κ3) is 2.88. The van der Waals surface area contributed by atoms with Gasteiger partial charge in [-0.2, -0.15) is 0 Å². The Labute approximate surface area is 112 Å². The second-order valence-electron chi connectivity index (χ2n) is 3.97. The van der Waals surface area contributed by atoms with Gasteiger partial charge in [0.15, 0.2) is 0 Å². The highest BCUT2D eigenvalue weighted by molar-refractivity contribution is 5.96. The largest absolute Gasteiger partial charge is 0.406 e. The first kappa shape index (κ1) is 13.5. The summed E-state index contributed by atoms with van der Waals surface area (Å²) in [6.07, 6.45) is 0. The number of nitro groups is 1. The van der Waals surface area contributed by atoms with E-state index in [1.165, 1.54) is 18.2 Å². The third-order valence-electron chi connectivity index (χ3n) is 2.56. The summed E-state index contributed by atoms with van der Waals surface area (Å²) in [5, 5.41) is 20.2. The molecule has 2 rings (SSSR count). The molecule has 1 heterocycles. The van der Waals surface area contributed by atoms with E-state index in [1.807, 2.05) is 0 Å². The average Bonchev–Trinajstić information content (AvgIpc) is 2.82. The number of nitro benzene ring substituents is 1. The van der Waals surface area contributed by atoms with Crippen molar-refractivity contribution in [1.82, 2.24) is 15.5 Å². The number of hydrogen-bond donors (Lipinski definition) is 2. The van der Waals surface area contributed by atoms with E-state index in [9.17, 15) is 14.9 Å². The van der Waals surface area contributed by atoms with E-state index >= 15 is 0 Å². The monoisotopic (exact) mass is 277 g/mol. The van der Waals surface area contributed by atoms with Gasteiger partial charge < -0.3 is 15.5 Å². The van der Waals surface area contributed by atoms with Crippen LogP contribution in [0.5, 0.6) is 0 Å². The summed E-state index contributed by atoms with van der Waals surface area (Å²) >= 11 is 0. The topological polar surface area (TPSA) is 137 Å². The number of rotatable bonds is 4. The van der Waals surface area contributed by atoms with Gasteiger partial charge in [-0.05, 0) is 12.5 Å². The number of aromatic nitrogens is 2. The Balaban J connectivity index is 2.12. The average molecular weight is 277 g/mol. The van der Waals surface area contributed by atoms with Gasteiger partial charge in [0, 0.05) is 17.7 Å². The number of nitrogen functional groups attached to an aromatic ring is 1. The minimum atomic E-state index is -0.561. The van der Waals surface area contributed by atoms with Gasteiger partial charge in [-0.3, -0.25) is 14.9 Å². The van der Waals surface area contributed by atoms with Crippen molar-refractivity contribution >= 4 is 17.6 Å². The minimum Gasteiger partial charge on any atom is -0.406 e. The van der Waals surface area contributed by atoms with Gasteiger partial charge in [-0.1, -0.05) is 11.2 Å². The maximum Gasteiger partial charge on any atom is 0.312 e. The second-order valence-corrected chi connectivity index (χ2v) is 3.97. The van der Waals surface area contributed by atoms with Gasteiger partial charge in [0.25, 0.3) is 11.6 Å². The fourth-order valence-corrected chi connectivity index (χ4v) is 1.56. The molecule has 0 aliphatic rings. The van der Waals surface area contributed by atoms with Gasteiger partial charge in [-0.15, -0.1) is 5.10 Å². The fourth-order valence-electron chi connectivity index (χ4n) is 1.56. The van der Waals surface area contributed by atoms with E-state index in [4.69, 9.17) is 10.2 Å². The zero-order valence-electron chi connectivity index (χ0n) is 10.5. The summed E-state index contributed by atoms with van der Waals surface area (Å²) < 4.78 is 4.89. The fraction of sp³-hybridized carbons (Fsp3) is 0.182. The highest BCUT2D eigenvalue weighted by Crippen LogP contribution is 2.17. The molecule has 0 saturated carbocycles. The summed E-state index contributed by atoms with van der Waals surface area (Å²) in [5.41, 5.74) is 5.93. The Hall–Kier alpha value is -2.97. The lowest BCUT2D eigenvalue weighted by atomic mass is 10.1. The predicted octanol–water partition coefficient (Wildman–Crippen LogP) is 0.798. The lowest BCUT2D eigenvalue weighted by molar-refractivity contribution is -0.384. The van der Waals surface area contributed by atoms with E-state index in [2.05, 4.69) is 15.5 Å². The number of non-ortho nitro benzene ring substituents is 1. The normalized spacial score (nSPS) is 10.2. The Bertz CT molecular complexity index is 667. The Morgan fingerprint density at radius 1 is 1.50 bits per heavy atom. The van der Waals surface area contributed by atoms with Crippen molar-refractivity contribution in [2.75, 3.05) is 5.73 Å². The summed E-state index contributed by atoms with van der Waals surface area (Å²) in [6.45, 7) is 1.68. The molecule has 0 fully saturated rings. The number of hydrogen-bond acceptors (Lipinski definition) is 7. The van der Waals surface area contributed by atoms with Crippen LogP contribution in [0.3, 0.4) is 0 Å².